The number of nitrogens with zero attached hydrogens (tertiary/aromatic N) is 2. The summed E-state index contributed by atoms with van der Waals surface area (Å²) in [4.78, 5) is 16.2. The van der Waals surface area contributed by atoms with Crippen molar-refractivity contribution in [2.45, 2.75) is 13.8 Å². The minimum Gasteiger partial charge on any atom is -0.512 e. The summed E-state index contributed by atoms with van der Waals surface area (Å²) in [5.74, 6) is 2.86. The third-order valence-corrected chi connectivity index (χ3v) is 2.04. The Hall–Kier alpha value is -1.65. The monoisotopic (exact) mass is 448 g/mol. The number of hydrogen-bond acceptors (Lipinski definition) is 4. The first-order valence-corrected chi connectivity index (χ1v) is 5.85. The summed E-state index contributed by atoms with van der Waals surface area (Å²) in [6.45, 7) is 2.85. The predicted octanol–water partition coefficient (Wildman–Crippen LogP) is 2.58. The van der Waals surface area contributed by atoms with E-state index in [1.54, 1.807) is 6.20 Å². The maximum absolute atomic E-state index is 10.0. The molecule has 106 valence electrons. The van der Waals surface area contributed by atoms with Gasteiger partial charge in [0.15, 0.2) is 5.78 Å². The van der Waals surface area contributed by atoms with E-state index in [0.29, 0.717) is 0 Å². The average Bonchev–Trinajstić information content (AvgIpc) is 2.40. The fourth-order valence-corrected chi connectivity index (χ4v) is 1.35. The number of carbonyl (C=O) groups is 1. The van der Waals surface area contributed by atoms with Gasteiger partial charge in [-0.1, -0.05) is 18.1 Å². The SMILES string of the molecule is CC(=O)/C=C(/C)O.[B]1C=CC=CN1c1ccccn1.[Ir]. The Kier molecular flexibility index (Phi) is 9.34. The van der Waals surface area contributed by atoms with Crippen LogP contribution < -0.4 is 4.81 Å². The van der Waals surface area contributed by atoms with Crippen molar-refractivity contribution in [1.82, 2.24) is 4.98 Å². The van der Waals surface area contributed by atoms with E-state index in [9.17, 15) is 4.79 Å². The number of rotatable bonds is 2. The van der Waals surface area contributed by atoms with Crippen LogP contribution in [0.15, 0.2) is 60.6 Å². The first kappa shape index (κ1) is 18.4. The van der Waals surface area contributed by atoms with Gasteiger partial charge in [0.1, 0.15) is 5.82 Å². The molecule has 6 heteroatoms. The standard InChI is InChI=1S/C9H8BN2.C5H8O2.Ir/c1-3-7-11-9(5-1)12-8-4-2-6-10-12;1-4(6)3-5(2)7;/h1-8H;3,6H,1-2H3;/b;4-3-;. The van der Waals surface area contributed by atoms with Crippen LogP contribution in [0.1, 0.15) is 13.8 Å². The molecular weight excluding hydrogens is 431 g/mol. The summed E-state index contributed by atoms with van der Waals surface area (Å²) in [5, 5.41) is 8.36. The maximum atomic E-state index is 10.0. The van der Waals surface area contributed by atoms with Gasteiger partial charge in [0.2, 0.25) is 0 Å². The Bertz CT molecular complexity index is 497. The number of carbonyl (C=O) groups excluding carboxylic acids is 1. The van der Waals surface area contributed by atoms with E-state index in [1.165, 1.54) is 19.9 Å². The van der Waals surface area contributed by atoms with Gasteiger partial charge in [0.05, 0.1) is 5.76 Å². The van der Waals surface area contributed by atoms with Gasteiger partial charge in [-0.15, -0.1) is 0 Å². The molecule has 1 N–H and O–H groups in total. The smallest absolute Gasteiger partial charge is 0.284 e. The van der Waals surface area contributed by atoms with Crippen LogP contribution in [0.25, 0.3) is 0 Å². The van der Waals surface area contributed by atoms with E-state index in [4.69, 9.17) is 5.11 Å². The van der Waals surface area contributed by atoms with Crippen LogP contribution in [0.2, 0.25) is 0 Å². The van der Waals surface area contributed by atoms with Crippen molar-refractivity contribution in [2.75, 3.05) is 4.81 Å². The van der Waals surface area contributed by atoms with Crippen molar-refractivity contribution in [3.05, 3.63) is 60.6 Å². The van der Waals surface area contributed by atoms with Crippen LogP contribution in [0.5, 0.6) is 0 Å². The fraction of sp³-hybridized carbons (Fsp3) is 0.143. The van der Waals surface area contributed by atoms with Crippen LogP contribution in [-0.2, 0) is 24.9 Å². The van der Waals surface area contributed by atoms with Gasteiger partial charge in [-0.2, -0.15) is 0 Å². The van der Waals surface area contributed by atoms with E-state index >= 15 is 0 Å². The second-order valence-corrected chi connectivity index (χ2v) is 3.87. The molecule has 4 nitrogen and oxygen atoms in total. The Labute approximate surface area is 133 Å². The molecule has 2 rings (SSSR count). The molecule has 0 saturated heterocycles. The average molecular weight is 447 g/mol. The van der Waals surface area contributed by atoms with Crippen LogP contribution >= 0.6 is 0 Å². The number of anilines is 1. The Morgan fingerprint density at radius 2 is 2.10 bits per heavy atom. The van der Waals surface area contributed by atoms with Gasteiger partial charge in [-0.25, -0.2) is 4.98 Å². The van der Waals surface area contributed by atoms with Crippen molar-refractivity contribution < 1.29 is 30.0 Å². The summed E-state index contributed by atoms with van der Waals surface area (Å²) >= 11 is 0. The molecule has 0 unspecified atom stereocenters. The van der Waals surface area contributed by atoms with Crippen molar-refractivity contribution in [1.29, 1.82) is 0 Å². The van der Waals surface area contributed by atoms with E-state index < -0.39 is 0 Å². The zero-order chi connectivity index (χ0) is 14.1. The van der Waals surface area contributed by atoms with Gasteiger partial charge in [0, 0.05) is 32.4 Å². The number of ketones is 1. The van der Waals surface area contributed by atoms with Crippen LogP contribution in [0.4, 0.5) is 5.82 Å². The first-order chi connectivity index (χ1) is 9.09. The molecule has 0 fully saturated rings. The van der Waals surface area contributed by atoms with Crippen molar-refractivity contribution >= 4 is 19.0 Å². The van der Waals surface area contributed by atoms with Gasteiger partial charge in [-0.05, 0) is 38.3 Å². The van der Waals surface area contributed by atoms with E-state index in [1.807, 2.05) is 54.8 Å². The number of aromatic nitrogens is 1. The van der Waals surface area contributed by atoms with E-state index in [2.05, 4.69) is 4.98 Å². The molecule has 1 aromatic rings. The zero-order valence-electron chi connectivity index (χ0n) is 11.4. The minimum atomic E-state index is -0.125. The summed E-state index contributed by atoms with van der Waals surface area (Å²) < 4.78 is 0. The second-order valence-electron chi connectivity index (χ2n) is 3.87. The molecule has 1 aliphatic heterocycles. The molecule has 1 aliphatic rings. The number of allylic oxidation sites excluding steroid dienone is 4. The molecule has 0 amide bonds. The van der Waals surface area contributed by atoms with Crippen molar-refractivity contribution in [3.63, 3.8) is 0 Å². The summed E-state index contributed by atoms with van der Waals surface area (Å²) in [5.41, 5.74) is 0. The molecule has 0 aromatic carbocycles. The van der Waals surface area contributed by atoms with E-state index in [-0.39, 0.29) is 31.6 Å². The maximum Gasteiger partial charge on any atom is 0.284 e. The normalized spacial score (nSPS) is 12.7. The Morgan fingerprint density at radius 3 is 2.50 bits per heavy atom. The van der Waals surface area contributed by atoms with Crippen molar-refractivity contribution in [2.24, 2.45) is 0 Å². The Balaban J connectivity index is 0.000000396. The van der Waals surface area contributed by atoms with Gasteiger partial charge < -0.3 is 9.92 Å². The molecule has 0 saturated carbocycles. The summed E-state index contributed by atoms with van der Waals surface area (Å²) in [7, 11) is 1.97. The number of aliphatic hydroxyl groups is 1. The van der Waals surface area contributed by atoms with Crippen LogP contribution in [0, 0.1) is 0 Å². The van der Waals surface area contributed by atoms with Gasteiger partial charge in [-0.3, -0.25) is 4.79 Å². The molecule has 2 radical (unpaired) electrons. The van der Waals surface area contributed by atoms with Crippen LogP contribution in [0.3, 0.4) is 0 Å². The number of pyridine rings is 1. The first-order valence-electron chi connectivity index (χ1n) is 5.85. The molecule has 20 heavy (non-hydrogen) atoms. The molecular formula is C14H16BIrN2O2. The van der Waals surface area contributed by atoms with Gasteiger partial charge in [0.25, 0.3) is 7.41 Å². The van der Waals surface area contributed by atoms with Gasteiger partial charge >= 0.3 is 0 Å². The number of hydrogen-bond donors (Lipinski definition) is 1. The van der Waals surface area contributed by atoms with E-state index in [0.717, 1.165) is 5.82 Å². The summed E-state index contributed by atoms with van der Waals surface area (Å²) in [6.07, 6.45) is 8.89. The second kappa shape index (κ2) is 10.2. The molecule has 0 spiro atoms. The largest absolute Gasteiger partial charge is 0.512 e. The third kappa shape index (κ3) is 7.72. The molecule has 1 aromatic heterocycles. The molecule has 0 bridgehead atoms. The third-order valence-electron chi connectivity index (χ3n) is 2.04. The zero-order valence-corrected chi connectivity index (χ0v) is 13.8. The Morgan fingerprint density at radius 1 is 1.35 bits per heavy atom. The van der Waals surface area contributed by atoms with Crippen molar-refractivity contribution in [3.8, 4) is 0 Å². The molecule has 0 atom stereocenters. The fourth-order valence-electron chi connectivity index (χ4n) is 1.35. The predicted molar refractivity (Wildman–Crippen MR) is 77.8 cm³/mol. The minimum absolute atomic E-state index is 0. The molecule has 0 aliphatic carbocycles. The topological polar surface area (TPSA) is 53.4 Å². The quantitative estimate of drug-likeness (QED) is 0.430. The molecule has 2 heterocycles. The summed E-state index contributed by atoms with van der Waals surface area (Å²) in [6, 6.07) is 5.86. The number of aliphatic hydroxyl groups excluding tert-OH is 1. The van der Waals surface area contributed by atoms with Crippen LogP contribution in [-0.4, -0.2) is 23.3 Å².